The molecule has 1 aromatic heterocycles. The minimum Gasteiger partial charge on any atom is -0.348 e. The number of benzene rings is 1. The van der Waals surface area contributed by atoms with Crippen molar-refractivity contribution < 1.29 is 4.79 Å². The van der Waals surface area contributed by atoms with Crippen LogP contribution in [0.5, 0.6) is 0 Å². The largest absolute Gasteiger partial charge is 0.348 e. The molecule has 1 heterocycles. The second kappa shape index (κ2) is 5.68. The van der Waals surface area contributed by atoms with E-state index in [4.69, 9.17) is 11.6 Å². The molecule has 2 aromatic rings. The Morgan fingerprint density at radius 2 is 2.17 bits per heavy atom. The van der Waals surface area contributed by atoms with Gasteiger partial charge in [-0.15, -0.1) is 0 Å². The number of aryl methyl sites for hydroxylation is 1. The van der Waals surface area contributed by atoms with Gasteiger partial charge in [-0.1, -0.05) is 24.1 Å². The van der Waals surface area contributed by atoms with E-state index in [1.165, 1.54) is 19.3 Å². The Labute approximate surface area is 140 Å². The molecule has 1 aromatic carbocycles. The van der Waals surface area contributed by atoms with Gasteiger partial charge in [0.25, 0.3) is 5.91 Å². The zero-order valence-electron chi connectivity index (χ0n) is 13.1. The molecule has 1 amide bonds. The first kappa shape index (κ1) is 14.8. The summed E-state index contributed by atoms with van der Waals surface area (Å²) in [6.07, 6.45) is 5.00. The van der Waals surface area contributed by atoms with Gasteiger partial charge >= 0.3 is 0 Å². The van der Waals surface area contributed by atoms with Crippen molar-refractivity contribution in [2.75, 3.05) is 0 Å². The summed E-state index contributed by atoms with van der Waals surface area (Å²) in [5.41, 5.74) is 2.27. The van der Waals surface area contributed by atoms with Crippen LogP contribution in [0, 0.1) is 18.8 Å². The number of nitrogens with zero attached hydrogens (tertiary/aromatic N) is 2. The standard InChI is InChI=1S/C18H20ClN3O/c1-11-7-17(21-22(11)15-4-2-3-14(19)10-15)18(23)20-16-9-12-5-6-13(16)8-12/h2-4,7,10,12-13,16H,5-6,8-9H2,1H3,(H,20,23)/t12-,13+,16-/m1/s1. The summed E-state index contributed by atoms with van der Waals surface area (Å²) in [6, 6.07) is 9.66. The van der Waals surface area contributed by atoms with Crippen LogP contribution in [0.1, 0.15) is 41.9 Å². The number of hydrogen-bond acceptors (Lipinski definition) is 2. The van der Waals surface area contributed by atoms with Crippen LogP contribution in [-0.2, 0) is 0 Å². The average molecular weight is 330 g/mol. The lowest BCUT2D eigenvalue weighted by Crippen LogP contribution is -2.38. The van der Waals surface area contributed by atoms with E-state index in [-0.39, 0.29) is 5.91 Å². The van der Waals surface area contributed by atoms with Gasteiger partial charge in [0.15, 0.2) is 5.69 Å². The fourth-order valence-corrected chi connectivity index (χ4v) is 4.30. The highest BCUT2D eigenvalue weighted by atomic mass is 35.5. The van der Waals surface area contributed by atoms with Crippen LogP contribution < -0.4 is 5.32 Å². The van der Waals surface area contributed by atoms with Crippen molar-refractivity contribution in [2.24, 2.45) is 11.8 Å². The van der Waals surface area contributed by atoms with Crippen molar-refractivity contribution in [3.05, 3.63) is 46.7 Å². The molecule has 1 N–H and O–H groups in total. The third kappa shape index (κ3) is 2.76. The van der Waals surface area contributed by atoms with Gasteiger partial charge in [0.05, 0.1) is 5.69 Å². The Bertz CT molecular complexity index is 754. The fraction of sp³-hybridized carbons (Fsp3) is 0.444. The topological polar surface area (TPSA) is 46.9 Å². The van der Waals surface area contributed by atoms with E-state index >= 15 is 0 Å². The van der Waals surface area contributed by atoms with Crippen LogP contribution in [0.15, 0.2) is 30.3 Å². The van der Waals surface area contributed by atoms with Crippen LogP contribution >= 0.6 is 11.6 Å². The van der Waals surface area contributed by atoms with Crippen molar-refractivity contribution in [1.29, 1.82) is 0 Å². The molecule has 4 nitrogen and oxygen atoms in total. The summed E-state index contributed by atoms with van der Waals surface area (Å²) in [7, 11) is 0. The van der Waals surface area contributed by atoms with E-state index in [1.54, 1.807) is 4.68 Å². The number of carbonyl (C=O) groups is 1. The number of hydrogen-bond donors (Lipinski definition) is 1. The lowest BCUT2D eigenvalue weighted by molar-refractivity contribution is 0.0917. The van der Waals surface area contributed by atoms with E-state index < -0.39 is 0 Å². The second-order valence-electron chi connectivity index (χ2n) is 6.82. The zero-order chi connectivity index (χ0) is 16.0. The summed E-state index contributed by atoms with van der Waals surface area (Å²) >= 11 is 6.05. The van der Waals surface area contributed by atoms with Crippen LogP contribution in [0.4, 0.5) is 0 Å². The molecule has 0 aliphatic heterocycles. The van der Waals surface area contributed by atoms with E-state index in [9.17, 15) is 4.79 Å². The maximum absolute atomic E-state index is 12.5. The van der Waals surface area contributed by atoms with Crippen molar-refractivity contribution in [2.45, 2.75) is 38.6 Å². The number of amides is 1. The molecule has 0 unspecified atom stereocenters. The summed E-state index contributed by atoms with van der Waals surface area (Å²) in [4.78, 5) is 12.5. The number of carbonyl (C=O) groups excluding carboxylic acids is 1. The van der Waals surface area contributed by atoms with Gasteiger partial charge in [-0.05, 0) is 62.3 Å². The van der Waals surface area contributed by atoms with Gasteiger partial charge in [-0.3, -0.25) is 4.79 Å². The first-order valence-electron chi connectivity index (χ1n) is 8.23. The molecule has 0 saturated heterocycles. The predicted octanol–water partition coefficient (Wildman–Crippen LogP) is 3.75. The Kier molecular flexibility index (Phi) is 3.64. The third-order valence-corrected chi connectivity index (χ3v) is 5.46. The number of halogens is 1. The summed E-state index contributed by atoms with van der Waals surface area (Å²) in [5, 5.41) is 8.32. The van der Waals surface area contributed by atoms with Gasteiger partial charge in [-0.25, -0.2) is 4.68 Å². The van der Waals surface area contributed by atoms with Crippen molar-refractivity contribution in [3.8, 4) is 5.69 Å². The quantitative estimate of drug-likeness (QED) is 0.932. The van der Waals surface area contributed by atoms with E-state index in [0.717, 1.165) is 23.7 Å². The van der Waals surface area contributed by atoms with Crippen molar-refractivity contribution in [1.82, 2.24) is 15.1 Å². The molecule has 5 heteroatoms. The number of rotatable bonds is 3. The van der Waals surface area contributed by atoms with Gasteiger partial charge in [-0.2, -0.15) is 5.10 Å². The Balaban J connectivity index is 1.53. The average Bonchev–Trinajstić information content (AvgIpc) is 3.22. The third-order valence-electron chi connectivity index (χ3n) is 5.23. The predicted molar refractivity (Wildman–Crippen MR) is 90.0 cm³/mol. The maximum Gasteiger partial charge on any atom is 0.272 e. The molecular weight excluding hydrogens is 310 g/mol. The first-order valence-corrected chi connectivity index (χ1v) is 8.61. The van der Waals surface area contributed by atoms with E-state index in [2.05, 4.69) is 10.4 Å². The number of nitrogens with one attached hydrogen (secondary N) is 1. The monoisotopic (exact) mass is 329 g/mol. The summed E-state index contributed by atoms with van der Waals surface area (Å²) < 4.78 is 1.77. The molecule has 2 aliphatic carbocycles. The van der Waals surface area contributed by atoms with Gasteiger partial charge in [0.1, 0.15) is 0 Å². The molecule has 2 fully saturated rings. The minimum atomic E-state index is -0.0635. The van der Waals surface area contributed by atoms with E-state index in [1.807, 2.05) is 37.3 Å². The first-order chi connectivity index (χ1) is 11.1. The number of aromatic nitrogens is 2. The summed E-state index contributed by atoms with van der Waals surface area (Å²) in [6.45, 7) is 1.95. The van der Waals surface area contributed by atoms with Crippen molar-refractivity contribution in [3.63, 3.8) is 0 Å². The van der Waals surface area contributed by atoms with Gasteiger partial charge < -0.3 is 5.32 Å². The lowest BCUT2D eigenvalue weighted by atomic mass is 9.95. The fourth-order valence-electron chi connectivity index (χ4n) is 4.12. The lowest BCUT2D eigenvalue weighted by Gasteiger charge is -2.22. The molecule has 3 atom stereocenters. The Hall–Kier alpha value is -1.81. The molecule has 23 heavy (non-hydrogen) atoms. The second-order valence-corrected chi connectivity index (χ2v) is 7.25. The SMILES string of the molecule is Cc1cc(C(=O)N[C@@H]2C[C@@H]3CC[C@H]2C3)nn1-c1cccc(Cl)c1. The van der Waals surface area contributed by atoms with Crippen LogP contribution in [0.2, 0.25) is 5.02 Å². The Morgan fingerprint density at radius 3 is 2.87 bits per heavy atom. The van der Waals surface area contributed by atoms with E-state index in [0.29, 0.717) is 22.7 Å². The van der Waals surface area contributed by atoms with Crippen molar-refractivity contribution >= 4 is 17.5 Å². The maximum atomic E-state index is 12.5. The minimum absolute atomic E-state index is 0.0635. The molecule has 2 saturated carbocycles. The molecule has 0 spiro atoms. The Morgan fingerprint density at radius 1 is 1.30 bits per heavy atom. The van der Waals surface area contributed by atoms with Crippen LogP contribution in [0.25, 0.3) is 5.69 Å². The molecule has 4 rings (SSSR count). The molecular formula is C18H20ClN3O. The molecule has 2 bridgehead atoms. The van der Waals surface area contributed by atoms with Crippen LogP contribution in [-0.4, -0.2) is 21.7 Å². The zero-order valence-corrected chi connectivity index (χ0v) is 13.9. The molecule has 0 radical (unpaired) electrons. The molecule has 120 valence electrons. The summed E-state index contributed by atoms with van der Waals surface area (Å²) in [5.74, 6) is 1.42. The number of fused-ring (bicyclic) bond motifs is 2. The normalized spacial score (nSPS) is 25.7. The smallest absolute Gasteiger partial charge is 0.272 e. The highest BCUT2D eigenvalue weighted by Gasteiger charge is 2.40. The van der Waals surface area contributed by atoms with Crippen LogP contribution in [0.3, 0.4) is 0 Å². The highest BCUT2D eigenvalue weighted by molar-refractivity contribution is 6.30. The molecule has 2 aliphatic rings. The van der Waals surface area contributed by atoms with Gasteiger partial charge in [0, 0.05) is 16.8 Å². The highest BCUT2D eigenvalue weighted by Crippen LogP contribution is 2.44. The van der Waals surface area contributed by atoms with Gasteiger partial charge in [0.2, 0.25) is 0 Å².